The van der Waals surface area contributed by atoms with E-state index in [0.717, 1.165) is 48.5 Å². The molecule has 0 unspecified atom stereocenters. The number of hydrogen-bond donors (Lipinski definition) is 3. The molecule has 2 aromatic rings. The lowest BCUT2D eigenvalue weighted by molar-refractivity contribution is -0.115. The molecule has 172 valence electrons. The van der Waals surface area contributed by atoms with Gasteiger partial charge in [0.15, 0.2) is 0 Å². The highest BCUT2D eigenvalue weighted by molar-refractivity contribution is 5.90. The number of β-amino-alcohol motifs (C(OH)–C–C–N with tert-alkyl or cyclic N) is 1. The number of aliphatic hydroxyl groups is 2. The second kappa shape index (κ2) is 9.22. The number of nitrogens with zero attached hydrogens (tertiary/aromatic N) is 1. The number of carbonyl (C=O) groups excluding carboxylic acids is 1. The number of likely N-dealkylation sites (tertiary alicyclic amines) is 1. The van der Waals surface area contributed by atoms with E-state index in [1.165, 1.54) is 11.1 Å². The molecule has 0 radical (unpaired) electrons. The first-order chi connectivity index (χ1) is 15.3. The summed E-state index contributed by atoms with van der Waals surface area (Å²) >= 11 is 0. The van der Waals surface area contributed by atoms with Gasteiger partial charge in [-0.1, -0.05) is 19.1 Å². The predicted molar refractivity (Wildman–Crippen MR) is 125 cm³/mol. The van der Waals surface area contributed by atoms with Crippen LogP contribution in [-0.2, 0) is 4.79 Å². The molecule has 1 amide bonds. The number of rotatable bonds is 5. The summed E-state index contributed by atoms with van der Waals surface area (Å²) in [5.41, 5.74) is 4.49. The quantitative estimate of drug-likeness (QED) is 0.657. The van der Waals surface area contributed by atoms with Crippen molar-refractivity contribution in [3.05, 3.63) is 58.7 Å². The number of aliphatic hydroxyl groups excluding tert-OH is 2. The second-order valence-corrected chi connectivity index (χ2v) is 9.32. The first-order valence-corrected chi connectivity index (χ1v) is 11.6. The van der Waals surface area contributed by atoms with E-state index in [1.807, 2.05) is 37.3 Å². The Balaban J connectivity index is 1.34. The minimum absolute atomic E-state index is 0.0245. The first kappa shape index (κ1) is 22.8. The van der Waals surface area contributed by atoms with E-state index in [9.17, 15) is 15.0 Å². The number of piperidine rings is 1. The van der Waals surface area contributed by atoms with Crippen molar-refractivity contribution >= 4 is 11.6 Å². The van der Waals surface area contributed by atoms with E-state index >= 15 is 0 Å². The number of ether oxygens (including phenoxy) is 1. The van der Waals surface area contributed by atoms with Crippen LogP contribution in [0.4, 0.5) is 5.69 Å². The van der Waals surface area contributed by atoms with E-state index in [-0.39, 0.29) is 11.5 Å². The third kappa shape index (κ3) is 4.82. The summed E-state index contributed by atoms with van der Waals surface area (Å²) in [5, 5.41) is 24.3. The average Bonchev–Trinajstić information content (AvgIpc) is 2.77. The molecule has 2 heterocycles. The smallest absolute Gasteiger partial charge is 0.224 e. The summed E-state index contributed by atoms with van der Waals surface area (Å²) in [5.74, 6) is 0.791. The van der Waals surface area contributed by atoms with Crippen LogP contribution in [0.25, 0.3) is 0 Å². The van der Waals surface area contributed by atoms with Crippen LogP contribution in [0, 0.1) is 13.8 Å². The van der Waals surface area contributed by atoms with Gasteiger partial charge in [0, 0.05) is 43.7 Å². The molecule has 6 nitrogen and oxygen atoms in total. The maximum atomic E-state index is 11.5. The zero-order valence-electron chi connectivity index (χ0n) is 19.2. The van der Waals surface area contributed by atoms with Gasteiger partial charge >= 0.3 is 0 Å². The molecule has 2 aliphatic heterocycles. The minimum atomic E-state index is -0.593. The molecule has 2 aromatic carbocycles. The maximum Gasteiger partial charge on any atom is 0.224 e. The van der Waals surface area contributed by atoms with Gasteiger partial charge in [-0.2, -0.15) is 0 Å². The zero-order valence-corrected chi connectivity index (χ0v) is 19.2. The summed E-state index contributed by atoms with van der Waals surface area (Å²) in [7, 11) is 0. The molecule has 4 rings (SSSR count). The summed E-state index contributed by atoms with van der Waals surface area (Å²) in [6, 6.07) is 11.5. The summed E-state index contributed by atoms with van der Waals surface area (Å²) < 4.78 is 6.47. The van der Waals surface area contributed by atoms with Gasteiger partial charge in [-0.25, -0.2) is 0 Å². The monoisotopic (exact) mass is 438 g/mol. The SMILES string of the molecule is CCC(=O)Nc1ccc([C@H](O)CN2CCC3(CC2)C[C@H](O)c2cc(C)c(C)cc2O3)cc1. The van der Waals surface area contributed by atoms with Crippen LogP contribution < -0.4 is 10.1 Å². The van der Waals surface area contributed by atoms with Crippen molar-refractivity contribution in [3.8, 4) is 5.75 Å². The Labute approximate surface area is 190 Å². The van der Waals surface area contributed by atoms with Gasteiger partial charge in [-0.3, -0.25) is 4.79 Å². The molecule has 1 spiro atoms. The number of fused-ring (bicyclic) bond motifs is 1. The van der Waals surface area contributed by atoms with Crippen molar-refractivity contribution in [3.63, 3.8) is 0 Å². The molecule has 0 bridgehead atoms. The summed E-state index contributed by atoms with van der Waals surface area (Å²) in [6.07, 6.45) is 1.61. The van der Waals surface area contributed by atoms with Gasteiger partial charge in [0.25, 0.3) is 0 Å². The first-order valence-electron chi connectivity index (χ1n) is 11.6. The molecule has 32 heavy (non-hydrogen) atoms. The molecule has 0 aliphatic carbocycles. The fraction of sp³-hybridized carbons (Fsp3) is 0.500. The molecule has 0 saturated carbocycles. The van der Waals surface area contributed by atoms with Gasteiger partial charge < -0.3 is 25.2 Å². The highest BCUT2D eigenvalue weighted by atomic mass is 16.5. The highest BCUT2D eigenvalue weighted by Gasteiger charge is 2.43. The molecule has 1 saturated heterocycles. The van der Waals surface area contributed by atoms with Crippen LogP contribution in [-0.4, -0.2) is 46.3 Å². The third-order valence-electron chi connectivity index (χ3n) is 6.98. The molecule has 1 fully saturated rings. The molecular formula is C26H34N2O4. The normalized spacial score (nSPS) is 21.0. The van der Waals surface area contributed by atoms with Gasteiger partial charge in [-0.05, 0) is 67.6 Å². The van der Waals surface area contributed by atoms with Crippen LogP contribution in [0.2, 0.25) is 0 Å². The summed E-state index contributed by atoms with van der Waals surface area (Å²) in [4.78, 5) is 13.8. The van der Waals surface area contributed by atoms with Crippen LogP contribution in [0.15, 0.2) is 36.4 Å². The van der Waals surface area contributed by atoms with Gasteiger partial charge in [-0.15, -0.1) is 0 Å². The van der Waals surface area contributed by atoms with E-state index in [1.54, 1.807) is 0 Å². The van der Waals surface area contributed by atoms with E-state index in [4.69, 9.17) is 4.74 Å². The van der Waals surface area contributed by atoms with Crippen molar-refractivity contribution in [2.45, 2.75) is 64.3 Å². The number of hydrogen-bond acceptors (Lipinski definition) is 5. The summed E-state index contributed by atoms with van der Waals surface area (Å²) in [6.45, 7) is 8.12. The van der Waals surface area contributed by atoms with Crippen LogP contribution in [0.5, 0.6) is 5.75 Å². The number of anilines is 1. The van der Waals surface area contributed by atoms with Crippen LogP contribution >= 0.6 is 0 Å². The standard InChI is InChI=1S/C26H34N2O4/c1-4-25(31)27-20-7-5-19(6-8-20)23(30)16-28-11-9-26(10-12-28)15-22(29)21-13-17(2)18(3)14-24(21)32-26/h5-8,13-14,22-23,29-30H,4,9-12,15-16H2,1-3H3,(H,27,31)/t22-,23+/m0/s1. The van der Waals surface area contributed by atoms with Crippen molar-refractivity contribution in [1.29, 1.82) is 0 Å². The number of amides is 1. The molecule has 2 atom stereocenters. The van der Waals surface area contributed by atoms with Gasteiger partial charge in [0.2, 0.25) is 5.91 Å². The molecule has 6 heteroatoms. The number of aryl methyl sites for hydroxylation is 2. The Morgan fingerprint density at radius 2 is 1.84 bits per heavy atom. The van der Waals surface area contributed by atoms with Gasteiger partial charge in [0.1, 0.15) is 11.4 Å². The predicted octanol–water partition coefficient (Wildman–Crippen LogP) is 4.04. The number of carbonyl (C=O) groups is 1. The lowest BCUT2D eigenvalue weighted by Gasteiger charge is -2.46. The second-order valence-electron chi connectivity index (χ2n) is 9.32. The molecule has 3 N–H and O–H groups in total. The number of benzene rings is 2. The Bertz CT molecular complexity index is 965. The maximum absolute atomic E-state index is 11.5. The largest absolute Gasteiger partial charge is 0.487 e. The van der Waals surface area contributed by atoms with E-state index < -0.39 is 12.2 Å². The Morgan fingerprint density at radius 3 is 2.50 bits per heavy atom. The lowest BCUT2D eigenvalue weighted by Crippen LogP contribution is -2.51. The average molecular weight is 439 g/mol. The zero-order chi connectivity index (χ0) is 22.9. The molecule has 0 aromatic heterocycles. The van der Waals surface area contributed by atoms with E-state index in [0.29, 0.717) is 19.4 Å². The highest BCUT2D eigenvalue weighted by Crippen LogP contribution is 2.45. The Kier molecular flexibility index (Phi) is 6.56. The topological polar surface area (TPSA) is 82.0 Å². The number of nitrogens with one attached hydrogen (secondary N) is 1. The molecule has 2 aliphatic rings. The Morgan fingerprint density at radius 1 is 1.19 bits per heavy atom. The van der Waals surface area contributed by atoms with Crippen LogP contribution in [0.1, 0.15) is 67.1 Å². The van der Waals surface area contributed by atoms with Crippen molar-refractivity contribution < 1.29 is 19.7 Å². The third-order valence-corrected chi connectivity index (χ3v) is 6.98. The van der Waals surface area contributed by atoms with Crippen LogP contribution in [0.3, 0.4) is 0 Å². The minimum Gasteiger partial charge on any atom is -0.487 e. The Hall–Kier alpha value is -2.41. The fourth-order valence-electron chi connectivity index (χ4n) is 4.74. The van der Waals surface area contributed by atoms with Crippen molar-refractivity contribution in [2.24, 2.45) is 0 Å². The lowest BCUT2D eigenvalue weighted by atomic mass is 9.81. The van der Waals surface area contributed by atoms with Crippen molar-refractivity contribution in [2.75, 3.05) is 25.0 Å². The van der Waals surface area contributed by atoms with Crippen molar-refractivity contribution in [1.82, 2.24) is 4.90 Å². The molecular weight excluding hydrogens is 404 g/mol. The van der Waals surface area contributed by atoms with Gasteiger partial charge in [0.05, 0.1) is 12.2 Å². The fourth-order valence-corrected chi connectivity index (χ4v) is 4.74. The van der Waals surface area contributed by atoms with E-state index in [2.05, 4.69) is 30.1 Å².